The van der Waals surface area contributed by atoms with Crippen molar-refractivity contribution in [3.8, 4) is 0 Å². The molecule has 9 nitrogen and oxygen atoms in total. The number of aliphatic hydroxyl groups excluding tert-OH is 1. The molecule has 0 aliphatic heterocycles. The monoisotopic (exact) mass is 699 g/mol. The molecule has 0 aromatic heterocycles. The molecule has 0 aliphatic carbocycles. The average Bonchev–Trinajstić information content (AvgIpc) is 3.07. The summed E-state index contributed by atoms with van der Waals surface area (Å²) in [5.41, 5.74) is 0. The highest BCUT2D eigenvalue weighted by atomic mass is 31.2. The van der Waals surface area contributed by atoms with E-state index in [-0.39, 0.29) is 32.1 Å². The molecule has 1 amide bonds. The van der Waals surface area contributed by atoms with Crippen LogP contribution in [0.1, 0.15) is 162 Å². The fourth-order valence-corrected chi connectivity index (χ4v) is 5.64. The fraction of sp³-hybridized carbons (Fsp3) is 0.789. The smallest absolute Gasteiger partial charge is 0.463 e. The van der Waals surface area contributed by atoms with E-state index in [1.807, 2.05) is 0 Å². The Hall–Kier alpha value is -1.77. The Morgan fingerprint density at radius 3 is 1.77 bits per heavy atom. The molecule has 3 N–H and O–H groups in total. The third kappa shape index (κ3) is 35.5. The summed E-state index contributed by atoms with van der Waals surface area (Å²) >= 11 is 0. The number of ether oxygens (including phenoxy) is 1. The summed E-state index contributed by atoms with van der Waals surface area (Å²) in [4.78, 5) is 33.7. The quantitative estimate of drug-likeness (QED) is 0.0258. The molecule has 0 aliphatic rings. The van der Waals surface area contributed by atoms with Crippen molar-refractivity contribution < 1.29 is 37.9 Å². The molecule has 0 aromatic rings. The minimum atomic E-state index is -4.41. The van der Waals surface area contributed by atoms with Crippen LogP contribution in [0.2, 0.25) is 0 Å². The number of rotatable bonds is 35. The number of allylic oxidation sites excluding steroid dienone is 6. The summed E-state index contributed by atoms with van der Waals surface area (Å²) < 4.78 is 26.7. The zero-order chi connectivity index (χ0) is 35.4. The van der Waals surface area contributed by atoms with Crippen molar-refractivity contribution in [2.45, 2.75) is 168 Å². The maximum atomic E-state index is 12.0. The number of phosphoric acid groups is 1. The molecular weight excluding hydrogens is 629 g/mol. The lowest BCUT2D eigenvalue weighted by Crippen LogP contribution is -2.27. The van der Waals surface area contributed by atoms with Gasteiger partial charge in [-0.05, 0) is 64.2 Å². The molecule has 2 unspecified atom stereocenters. The van der Waals surface area contributed by atoms with Crippen LogP contribution in [0.15, 0.2) is 36.5 Å². The van der Waals surface area contributed by atoms with E-state index in [4.69, 9.17) is 13.8 Å². The lowest BCUT2D eigenvalue weighted by Gasteiger charge is -2.15. The lowest BCUT2D eigenvalue weighted by atomic mass is 10.1. The van der Waals surface area contributed by atoms with Gasteiger partial charge in [0.1, 0.15) is 12.7 Å². The summed E-state index contributed by atoms with van der Waals surface area (Å²) in [5.74, 6) is -0.542. The Balaban J connectivity index is 3.66. The van der Waals surface area contributed by atoms with E-state index in [0.29, 0.717) is 6.42 Å². The number of amides is 1. The Kier molecular flexibility index (Phi) is 33.8. The predicted octanol–water partition coefficient (Wildman–Crippen LogP) is 9.82. The van der Waals surface area contributed by atoms with E-state index in [1.165, 1.54) is 44.9 Å². The second kappa shape index (κ2) is 35.1. The number of hydrogen-bond donors (Lipinski definition) is 3. The number of aliphatic hydroxyl groups is 1. The van der Waals surface area contributed by atoms with Gasteiger partial charge in [-0.15, -0.1) is 0 Å². The van der Waals surface area contributed by atoms with E-state index >= 15 is 0 Å². The summed E-state index contributed by atoms with van der Waals surface area (Å²) in [5, 5.41) is 12.6. The van der Waals surface area contributed by atoms with Crippen molar-refractivity contribution in [1.82, 2.24) is 5.32 Å². The molecule has 0 fully saturated rings. The number of nitrogens with one attached hydrogen (secondary N) is 1. The van der Waals surface area contributed by atoms with Gasteiger partial charge in [0.05, 0.1) is 13.2 Å². The third-order valence-electron chi connectivity index (χ3n) is 7.77. The van der Waals surface area contributed by atoms with Gasteiger partial charge in [-0.2, -0.15) is 0 Å². The van der Waals surface area contributed by atoms with E-state index in [1.54, 1.807) is 0 Å². The first-order chi connectivity index (χ1) is 23.3. The van der Waals surface area contributed by atoms with Gasteiger partial charge in [0.2, 0.25) is 5.91 Å². The van der Waals surface area contributed by atoms with Crippen LogP contribution < -0.4 is 5.32 Å². The van der Waals surface area contributed by atoms with Gasteiger partial charge in [0.25, 0.3) is 0 Å². The lowest BCUT2D eigenvalue weighted by molar-refractivity contribution is -0.147. The van der Waals surface area contributed by atoms with Crippen molar-refractivity contribution in [1.29, 1.82) is 0 Å². The fourth-order valence-electron chi connectivity index (χ4n) is 4.88. The Morgan fingerprint density at radius 1 is 0.646 bits per heavy atom. The molecule has 0 heterocycles. The number of esters is 1. The maximum absolute atomic E-state index is 12.0. The van der Waals surface area contributed by atoms with Crippen molar-refractivity contribution in [3.05, 3.63) is 36.5 Å². The van der Waals surface area contributed by atoms with Crippen LogP contribution in [0.25, 0.3) is 0 Å². The molecule has 0 saturated heterocycles. The molecule has 280 valence electrons. The van der Waals surface area contributed by atoms with Crippen LogP contribution in [-0.4, -0.2) is 54.3 Å². The Bertz CT molecular complexity index is 892. The van der Waals surface area contributed by atoms with Crippen molar-refractivity contribution >= 4 is 19.7 Å². The van der Waals surface area contributed by atoms with Gasteiger partial charge in [0, 0.05) is 19.4 Å². The van der Waals surface area contributed by atoms with Crippen LogP contribution in [-0.2, 0) is 27.9 Å². The average molecular weight is 700 g/mol. The van der Waals surface area contributed by atoms with Crippen LogP contribution in [0.5, 0.6) is 0 Å². The standard InChI is InChI=1S/C38H70NO8P/c1-3-5-7-9-11-13-15-17-19-21-23-25-27-29-31-38(42)45-34-36(40)35-47-48(43,44)46-33-32-39-37(41)30-28-26-24-22-20-18-16-14-12-10-8-6-4-2/h8,10,14-17,36,40H,3-7,9,11-13,18-35H2,1-2H3,(H,39,41)(H,43,44)/b10-8-,16-14-,17-15-. The van der Waals surface area contributed by atoms with E-state index < -0.39 is 26.5 Å². The molecule has 0 saturated carbocycles. The maximum Gasteiger partial charge on any atom is 0.472 e. The molecule has 0 aromatic carbocycles. The van der Waals surface area contributed by atoms with Crippen molar-refractivity contribution in [2.75, 3.05) is 26.4 Å². The molecule has 0 bridgehead atoms. The summed E-state index contributed by atoms with van der Waals surface area (Å²) in [6, 6.07) is 0. The third-order valence-corrected chi connectivity index (χ3v) is 8.76. The number of phosphoric ester groups is 1. The second-order valence-electron chi connectivity index (χ2n) is 12.5. The number of unbranched alkanes of at least 4 members (excludes halogenated alkanes) is 16. The highest BCUT2D eigenvalue weighted by Gasteiger charge is 2.23. The van der Waals surface area contributed by atoms with Crippen LogP contribution in [0.3, 0.4) is 0 Å². The molecule has 2 atom stereocenters. The van der Waals surface area contributed by atoms with Gasteiger partial charge < -0.3 is 20.1 Å². The SMILES string of the molecule is CCC/C=C\C/C=C\CCCCCCCC(=O)NCCOP(=O)(O)OCC(O)COC(=O)CCCCCCC/C=C\CCCCCCC. The van der Waals surface area contributed by atoms with E-state index in [2.05, 4.69) is 55.6 Å². The topological polar surface area (TPSA) is 131 Å². The van der Waals surface area contributed by atoms with Crippen LogP contribution in [0.4, 0.5) is 0 Å². The van der Waals surface area contributed by atoms with Crippen LogP contribution in [0, 0.1) is 0 Å². The highest BCUT2D eigenvalue weighted by Crippen LogP contribution is 2.42. The Morgan fingerprint density at radius 2 is 1.17 bits per heavy atom. The zero-order valence-electron chi connectivity index (χ0n) is 30.4. The first kappa shape index (κ1) is 46.2. The molecule has 0 spiro atoms. The number of carbonyl (C=O) groups excluding carboxylic acids is 2. The second-order valence-corrected chi connectivity index (χ2v) is 14.0. The summed E-state index contributed by atoms with van der Waals surface area (Å²) in [6.45, 7) is 3.43. The van der Waals surface area contributed by atoms with Gasteiger partial charge >= 0.3 is 13.8 Å². The molecule has 0 radical (unpaired) electrons. The summed E-state index contributed by atoms with van der Waals surface area (Å²) in [7, 11) is -4.41. The van der Waals surface area contributed by atoms with Gasteiger partial charge in [0.15, 0.2) is 0 Å². The first-order valence-corrected chi connectivity index (χ1v) is 20.5. The van der Waals surface area contributed by atoms with Crippen LogP contribution >= 0.6 is 7.82 Å². The molecule has 48 heavy (non-hydrogen) atoms. The van der Waals surface area contributed by atoms with E-state index in [0.717, 1.165) is 89.9 Å². The minimum Gasteiger partial charge on any atom is -0.463 e. The number of carbonyl (C=O) groups is 2. The zero-order valence-corrected chi connectivity index (χ0v) is 31.3. The van der Waals surface area contributed by atoms with Gasteiger partial charge in [-0.3, -0.25) is 18.6 Å². The van der Waals surface area contributed by atoms with Crippen molar-refractivity contribution in [3.63, 3.8) is 0 Å². The first-order valence-electron chi connectivity index (χ1n) is 19.0. The largest absolute Gasteiger partial charge is 0.472 e. The molecule has 10 heteroatoms. The molecule has 0 rings (SSSR count). The minimum absolute atomic E-state index is 0.0726. The highest BCUT2D eigenvalue weighted by molar-refractivity contribution is 7.47. The van der Waals surface area contributed by atoms with E-state index in [9.17, 15) is 24.2 Å². The normalized spacial score (nSPS) is 13.8. The summed E-state index contributed by atoms with van der Waals surface area (Å²) in [6.07, 6.45) is 36.4. The predicted molar refractivity (Wildman–Crippen MR) is 197 cm³/mol. The van der Waals surface area contributed by atoms with Gasteiger partial charge in [-0.25, -0.2) is 4.57 Å². The number of hydrogen-bond acceptors (Lipinski definition) is 7. The molecular formula is C38H70NO8P. The van der Waals surface area contributed by atoms with Gasteiger partial charge in [-0.1, -0.05) is 121 Å². The van der Waals surface area contributed by atoms with Crippen molar-refractivity contribution in [2.24, 2.45) is 0 Å². The Labute approximate surface area is 293 Å².